The molecule has 0 unspecified atom stereocenters. The first-order valence-corrected chi connectivity index (χ1v) is 5.14. The fourth-order valence-electron chi connectivity index (χ4n) is 1.70. The Kier molecular flexibility index (Phi) is 3.72. The molecule has 1 aliphatic heterocycles. The molecule has 13 heavy (non-hydrogen) atoms. The lowest BCUT2D eigenvalue weighted by Crippen LogP contribution is -2.51. The molecule has 3 nitrogen and oxygen atoms in total. The zero-order valence-corrected chi connectivity index (χ0v) is 8.62. The van der Waals surface area contributed by atoms with Crippen molar-refractivity contribution in [2.45, 2.75) is 26.7 Å². The Morgan fingerprint density at radius 2 is 2.15 bits per heavy atom. The van der Waals surface area contributed by atoms with E-state index in [2.05, 4.69) is 0 Å². The van der Waals surface area contributed by atoms with Crippen LogP contribution in [0.1, 0.15) is 26.7 Å². The van der Waals surface area contributed by atoms with Crippen LogP contribution in [0.4, 0.5) is 0 Å². The lowest BCUT2D eigenvalue weighted by Gasteiger charge is -2.40. The second kappa shape index (κ2) is 4.61. The maximum absolute atomic E-state index is 11.4. The van der Waals surface area contributed by atoms with Crippen molar-refractivity contribution in [1.29, 1.82) is 0 Å². The molecule has 0 aromatic rings. The summed E-state index contributed by atoms with van der Waals surface area (Å²) in [5.41, 5.74) is 5.42. The Balaban J connectivity index is 2.14. The highest BCUT2D eigenvalue weighted by Gasteiger charge is 2.30. The average Bonchev–Trinajstić information content (AvgIpc) is 2.01. The molecule has 0 spiro atoms. The Morgan fingerprint density at radius 3 is 2.62 bits per heavy atom. The molecular formula is C10H20N2O. The molecular weight excluding hydrogens is 164 g/mol. The Hall–Kier alpha value is -0.570. The SMILES string of the molecule is CC(C)C(=O)N1CC(CCCN)C1. The van der Waals surface area contributed by atoms with Crippen molar-refractivity contribution in [3.8, 4) is 0 Å². The molecule has 0 atom stereocenters. The second-order valence-corrected chi connectivity index (χ2v) is 4.19. The molecule has 2 N–H and O–H groups in total. The van der Waals surface area contributed by atoms with Crippen LogP contribution < -0.4 is 5.73 Å². The largest absolute Gasteiger partial charge is 0.342 e. The molecule has 0 aliphatic carbocycles. The summed E-state index contributed by atoms with van der Waals surface area (Å²) in [7, 11) is 0. The van der Waals surface area contributed by atoms with Gasteiger partial charge in [-0.1, -0.05) is 13.8 Å². The Labute approximate surface area is 80.3 Å². The van der Waals surface area contributed by atoms with Crippen LogP contribution in [0, 0.1) is 11.8 Å². The molecule has 1 heterocycles. The van der Waals surface area contributed by atoms with Crippen molar-refractivity contribution in [3.05, 3.63) is 0 Å². The Bertz CT molecular complexity index is 174. The lowest BCUT2D eigenvalue weighted by atomic mass is 9.93. The van der Waals surface area contributed by atoms with E-state index in [1.807, 2.05) is 18.7 Å². The number of hydrogen-bond acceptors (Lipinski definition) is 2. The van der Waals surface area contributed by atoms with Gasteiger partial charge in [-0.15, -0.1) is 0 Å². The van der Waals surface area contributed by atoms with Crippen LogP contribution in [0.3, 0.4) is 0 Å². The summed E-state index contributed by atoms with van der Waals surface area (Å²) in [5, 5.41) is 0. The number of nitrogens with zero attached hydrogens (tertiary/aromatic N) is 1. The van der Waals surface area contributed by atoms with Crippen molar-refractivity contribution in [3.63, 3.8) is 0 Å². The van der Waals surface area contributed by atoms with E-state index in [1.54, 1.807) is 0 Å². The van der Waals surface area contributed by atoms with E-state index in [0.29, 0.717) is 11.8 Å². The molecule has 0 aromatic carbocycles. The molecule has 0 aromatic heterocycles. The molecule has 0 bridgehead atoms. The standard InChI is InChI=1S/C10H20N2O/c1-8(2)10(13)12-6-9(7-12)4-3-5-11/h8-9H,3-7,11H2,1-2H3. The monoisotopic (exact) mass is 184 g/mol. The van der Waals surface area contributed by atoms with Crippen LogP contribution in [0.5, 0.6) is 0 Å². The number of nitrogens with two attached hydrogens (primary N) is 1. The topological polar surface area (TPSA) is 46.3 Å². The van der Waals surface area contributed by atoms with E-state index in [4.69, 9.17) is 5.73 Å². The zero-order valence-electron chi connectivity index (χ0n) is 8.62. The summed E-state index contributed by atoms with van der Waals surface area (Å²) >= 11 is 0. The van der Waals surface area contributed by atoms with Gasteiger partial charge in [0.25, 0.3) is 0 Å². The van der Waals surface area contributed by atoms with Crippen LogP contribution in [0.15, 0.2) is 0 Å². The molecule has 76 valence electrons. The lowest BCUT2D eigenvalue weighted by molar-refractivity contribution is -0.141. The first-order chi connectivity index (χ1) is 6.15. The first-order valence-electron chi connectivity index (χ1n) is 5.14. The van der Waals surface area contributed by atoms with Gasteiger partial charge in [-0.3, -0.25) is 4.79 Å². The minimum atomic E-state index is 0.149. The number of hydrogen-bond donors (Lipinski definition) is 1. The fourth-order valence-corrected chi connectivity index (χ4v) is 1.70. The molecule has 3 heteroatoms. The molecule has 1 fully saturated rings. The van der Waals surface area contributed by atoms with Gasteiger partial charge in [0.2, 0.25) is 5.91 Å². The highest BCUT2D eigenvalue weighted by molar-refractivity contribution is 5.78. The van der Waals surface area contributed by atoms with Crippen LogP contribution >= 0.6 is 0 Å². The van der Waals surface area contributed by atoms with Crippen LogP contribution in [-0.4, -0.2) is 30.4 Å². The summed E-state index contributed by atoms with van der Waals surface area (Å²) in [6.07, 6.45) is 2.27. The maximum Gasteiger partial charge on any atom is 0.225 e. The van der Waals surface area contributed by atoms with Crippen LogP contribution in [0.25, 0.3) is 0 Å². The molecule has 1 saturated heterocycles. The van der Waals surface area contributed by atoms with E-state index in [1.165, 1.54) is 6.42 Å². The normalized spacial score (nSPS) is 17.7. The third kappa shape index (κ3) is 2.69. The van der Waals surface area contributed by atoms with Gasteiger partial charge in [0.05, 0.1) is 0 Å². The van der Waals surface area contributed by atoms with Gasteiger partial charge < -0.3 is 10.6 Å². The quantitative estimate of drug-likeness (QED) is 0.703. The Morgan fingerprint density at radius 1 is 1.54 bits per heavy atom. The number of likely N-dealkylation sites (tertiary alicyclic amines) is 1. The number of carbonyl (C=O) groups is 1. The maximum atomic E-state index is 11.4. The average molecular weight is 184 g/mol. The molecule has 1 rings (SSSR count). The predicted molar refractivity (Wildman–Crippen MR) is 53.2 cm³/mol. The van der Waals surface area contributed by atoms with Gasteiger partial charge in [-0.05, 0) is 25.3 Å². The predicted octanol–water partition coefficient (Wildman–Crippen LogP) is 0.840. The van der Waals surface area contributed by atoms with Crippen molar-refractivity contribution in [2.24, 2.45) is 17.6 Å². The number of carbonyl (C=O) groups excluding carboxylic acids is 1. The van der Waals surface area contributed by atoms with Gasteiger partial charge in [-0.25, -0.2) is 0 Å². The minimum absolute atomic E-state index is 0.149. The second-order valence-electron chi connectivity index (χ2n) is 4.19. The number of rotatable bonds is 4. The number of amides is 1. The third-order valence-corrected chi connectivity index (χ3v) is 2.58. The molecule has 1 aliphatic rings. The molecule has 0 saturated carbocycles. The zero-order chi connectivity index (χ0) is 9.84. The van der Waals surface area contributed by atoms with E-state index in [-0.39, 0.29) is 5.92 Å². The molecule has 1 amide bonds. The third-order valence-electron chi connectivity index (χ3n) is 2.58. The van der Waals surface area contributed by atoms with Gasteiger partial charge in [0.1, 0.15) is 0 Å². The van der Waals surface area contributed by atoms with Crippen molar-refractivity contribution in [1.82, 2.24) is 4.90 Å². The van der Waals surface area contributed by atoms with Gasteiger partial charge in [-0.2, -0.15) is 0 Å². The summed E-state index contributed by atoms with van der Waals surface area (Å²) < 4.78 is 0. The summed E-state index contributed by atoms with van der Waals surface area (Å²) in [5.74, 6) is 1.16. The van der Waals surface area contributed by atoms with Gasteiger partial charge in [0.15, 0.2) is 0 Å². The van der Waals surface area contributed by atoms with Crippen molar-refractivity contribution < 1.29 is 4.79 Å². The fraction of sp³-hybridized carbons (Fsp3) is 0.900. The highest BCUT2D eigenvalue weighted by atomic mass is 16.2. The first kappa shape index (κ1) is 10.5. The van der Waals surface area contributed by atoms with E-state index in [9.17, 15) is 4.79 Å². The smallest absolute Gasteiger partial charge is 0.225 e. The van der Waals surface area contributed by atoms with Crippen LogP contribution in [0.2, 0.25) is 0 Å². The van der Waals surface area contributed by atoms with Gasteiger partial charge in [0, 0.05) is 19.0 Å². The molecule has 0 radical (unpaired) electrons. The van der Waals surface area contributed by atoms with E-state index in [0.717, 1.165) is 26.1 Å². The minimum Gasteiger partial charge on any atom is -0.342 e. The van der Waals surface area contributed by atoms with Crippen LogP contribution in [-0.2, 0) is 4.79 Å². The van der Waals surface area contributed by atoms with Crippen molar-refractivity contribution >= 4 is 5.91 Å². The summed E-state index contributed by atoms with van der Waals surface area (Å²) in [4.78, 5) is 13.4. The highest BCUT2D eigenvalue weighted by Crippen LogP contribution is 2.21. The van der Waals surface area contributed by atoms with E-state index < -0.39 is 0 Å². The summed E-state index contributed by atoms with van der Waals surface area (Å²) in [6, 6.07) is 0. The van der Waals surface area contributed by atoms with Crippen molar-refractivity contribution in [2.75, 3.05) is 19.6 Å². The van der Waals surface area contributed by atoms with Gasteiger partial charge >= 0.3 is 0 Å². The van der Waals surface area contributed by atoms with E-state index >= 15 is 0 Å². The summed E-state index contributed by atoms with van der Waals surface area (Å²) in [6.45, 7) is 6.59.